The van der Waals surface area contributed by atoms with Crippen LogP contribution in [0.15, 0.2) is 95.0 Å². The summed E-state index contributed by atoms with van der Waals surface area (Å²) in [6, 6.07) is 20.2. The minimum absolute atomic E-state index is 0.0648. The van der Waals surface area contributed by atoms with Crippen LogP contribution in [-0.2, 0) is 14.4 Å². The van der Waals surface area contributed by atoms with E-state index < -0.39 is 11.4 Å². The Labute approximate surface area is 342 Å². The van der Waals surface area contributed by atoms with Gasteiger partial charge >= 0.3 is 0 Å². The third kappa shape index (κ3) is 9.97. The SMILES string of the molecule is C=CCOC12Oc3ccc(Oc4ccc(C)c(C)c4)cc3C3C(CCCCO)C(CCCCO)C=C(C(=NOC(C)(C)C)CC1Sc1ccc(NC(C)=O)cc1)C32. The molecule has 3 aromatic carbocycles. The van der Waals surface area contributed by atoms with E-state index in [-0.39, 0.29) is 54.6 Å². The van der Waals surface area contributed by atoms with E-state index in [1.165, 1.54) is 12.5 Å². The number of nitrogens with one attached hydrogen (secondary N) is 1. The average molecular weight is 797 g/mol. The normalized spacial score (nSPS) is 24.5. The van der Waals surface area contributed by atoms with Crippen LogP contribution in [0, 0.1) is 31.6 Å². The highest BCUT2D eigenvalue weighted by Crippen LogP contribution is 2.63. The number of fused-ring (bicyclic) bond motifs is 2. The number of carbonyl (C=O) groups is 1. The summed E-state index contributed by atoms with van der Waals surface area (Å²) in [6.07, 6.45) is 9.69. The maximum Gasteiger partial charge on any atom is 0.231 e. The monoisotopic (exact) mass is 796 g/mol. The van der Waals surface area contributed by atoms with Gasteiger partial charge in [0.25, 0.3) is 0 Å². The number of allylic oxidation sites excluding steroid dienone is 1. The molecule has 3 aliphatic rings. The molecule has 6 rings (SSSR count). The van der Waals surface area contributed by atoms with Gasteiger partial charge in [-0.05, 0) is 143 Å². The molecule has 6 atom stereocenters. The number of hydrogen-bond donors (Lipinski definition) is 3. The Morgan fingerprint density at radius 1 is 0.982 bits per heavy atom. The minimum Gasteiger partial charge on any atom is -0.460 e. The summed E-state index contributed by atoms with van der Waals surface area (Å²) in [5.41, 5.74) is 5.59. The van der Waals surface area contributed by atoms with Gasteiger partial charge < -0.3 is 34.6 Å². The molecule has 0 bridgehead atoms. The zero-order chi connectivity index (χ0) is 40.7. The smallest absolute Gasteiger partial charge is 0.231 e. The Bertz CT molecular complexity index is 1940. The van der Waals surface area contributed by atoms with Crippen LogP contribution in [0.4, 0.5) is 5.69 Å². The number of carbonyl (C=O) groups excluding carboxylic acids is 1. The van der Waals surface area contributed by atoms with Gasteiger partial charge in [-0.15, -0.1) is 18.3 Å². The quantitative estimate of drug-likeness (QED) is 0.0702. The van der Waals surface area contributed by atoms with Gasteiger partial charge in [-0.1, -0.05) is 36.2 Å². The number of rotatable bonds is 17. The lowest BCUT2D eigenvalue weighted by molar-refractivity contribution is -0.223. The lowest BCUT2D eigenvalue weighted by Crippen LogP contribution is -2.64. The minimum atomic E-state index is -1.12. The van der Waals surface area contributed by atoms with Crippen molar-refractivity contribution in [3.05, 3.63) is 102 Å². The lowest BCUT2D eigenvalue weighted by atomic mass is 9.56. The Morgan fingerprint density at radius 2 is 1.68 bits per heavy atom. The van der Waals surface area contributed by atoms with Gasteiger partial charge in [-0.2, -0.15) is 0 Å². The number of benzene rings is 3. The predicted molar refractivity (Wildman–Crippen MR) is 228 cm³/mol. The maximum atomic E-state index is 11.8. The van der Waals surface area contributed by atoms with Crippen molar-refractivity contribution in [1.82, 2.24) is 0 Å². The van der Waals surface area contributed by atoms with Crippen molar-refractivity contribution in [2.75, 3.05) is 25.1 Å². The average Bonchev–Trinajstić information content (AvgIpc) is 3.17. The largest absolute Gasteiger partial charge is 0.460 e. The van der Waals surface area contributed by atoms with Crippen LogP contribution in [-0.4, -0.2) is 58.3 Å². The number of aliphatic hydroxyl groups is 2. The van der Waals surface area contributed by atoms with Crippen molar-refractivity contribution in [3.63, 3.8) is 0 Å². The van der Waals surface area contributed by atoms with Crippen LogP contribution in [0.2, 0.25) is 0 Å². The molecule has 9 nitrogen and oxygen atoms in total. The fraction of sp³-hybridized carbons (Fsp3) is 0.489. The van der Waals surface area contributed by atoms with E-state index in [4.69, 9.17) is 24.2 Å². The topological polar surface area (TPSA) is 119 Å². The van der Waals surface area contributed by atoms with Crippen molar-refractivity contribution in [1.29, 1.82) is 0 Å². The second kappa shape index (κ2) is 18.7. The van der Waals surface area contributed by atoms with Crippen LogP contribution in [0.25, 0.3) is 0 Å². The van der Waals surface area contributed by atoms with E-state index in [1.54, 1.807) is 17.8 Å². The summed E-state index contributed by atoms with van der Waals surface area (Å²) in [6.45, 7) is 16.3. The molecule has 306 valence electrons. The van der Waals surface area contributed by atoms with Crippen LogP contribution in [0.3, 0.4) is 0 Å². The van der Waals surface area contributed by atoms with E-state index in [9.17, 15) is 15.0 Å². The van der Waals surface area contributed by atoms with E-state index in [2.05, 4.69) is 50.0 Å². The standard InChI is InChI=1S/C47H60N2O7S/c1-8-25-53-47-43(57-37-20-16-34(17-21-37)48-32(4)52)29-41(49-56-46(5,6)7)39-27-33(13-9-11-23-50)38(14-10-12-24-51)44(45(39)47)40-28-36(19-22-42(40)55-47)54-35-18-15-30(2)31(3)26-35/h8,15-22,26-28,33,38,43-45,50-51H,1,9-14,23-25,29H2,2-7H3,(H,48,52). The van der Waals surface area contributed by atoms with E-state index in [0.29, 0.717) is 12.8 Å². The molecule has 1 amide bonds. The van der Waals surface area contributed by atoms with Gasteiger partial charge in [0, 0.05) is 48.6 Å². The Kier molecular flexibility index (Phi) is 13.9. The molecule has 1 saturated carbocycles. The first kappa shape index (κ1) is 42.5. The number of aryl methyl sites for hydroxylation is 2. The molecule has 1 heterocycles. The molecule has 2 aliphatic carbocycles. The van der Waals surface area contributed by atoms with E-state index >= 15 is 0 Å². The first-order valence-corrected chi connectivity index (χ1v) is 21.3. The van der Waals surface area contributed by atoms with Crippen LogP contribution >= 0.6 is 11.8 Å². The first-order chi connectivity index (χ1) is 27.3. The molecule has 57 heavy (non-hydrogen) atoms. The van der Waals surface area contributed by atoms with Crippen molar-refractivity contribution < 1.29 is 34.1 Å². The summed E-state index contributed by atoms with van der Waals surface area (Å²) in [7, 11) is 0. The fourth-order valence-electron chi connectivity index (χ4n) is 8.58. The first-order valence-electron chi connectivity index (χ1n) is 20.4. The molecule has 1 fully saturated rings. The van der Waals surface area contributed by atoms with Crippen LogP contribution < -0.4 is 14.8 Å². The number of aliphatic hydroxyl groups excluding tert-OH is 2. The molecule has 10 heteroatoms. The summed E-state index contributed by atoms with van der Waals surface area (Å²) >= 11 is 1.68. The number of oxime groups is 1. The van der Waals surface area contributed by atoms with Gasteiger partial charge in [0.2, 0.25) is 11.7 Å². The van der Waals surface area contributed by atoms with Gasteiger partial charge in [0.05, 0.1) is 23.5 Å². The molecule has 3 N–H and O–H groups in total. The molecule has 3 aromatic rings. The fourth-order valence-corrected chi connectivity index (χ4v) is 9.87. The predicted octanol–water partition coefficient (Wildman–Crippen LogP) is 10.3. The van der Waals surface area contributed by atoms with Crippen molar-refractivity contribution in [3.8, 4) is 17.2 Å². The summed E-state index contributed by atoms with van der Waals surface area (Å²) < 4.78 is 21.0. The molecule has 6 unspecified atom stereocenters. The Morgan fingerprint density at radius 3 is 2.35 bits per heavy atom. The molecule has 0 radical (unpaired) electrons. The van der Waals surface area contributed by atoms with Crippen molar-refractivity contribution >= 4 is 29.1 Å². The highest BCUT2D eigenvalue weighted by atomic mass is 32.2. The highest BCUT2D eigenvalue weighted by Gasteiger charge is 2.64. The Balaban J connectivity index is 1.55. The molecule has 0 saturated heterocycles. The summed E-state index contributed by atoms with van der Waals surface area (Å²) in [5, 5.41) is 27.3. The maximum absolute atomic E-state index is 11.8. The van der Waals surface area contributed by atoms with Crippen LogP contribution in [0.5, 0.6) is 17.2 Å². The molecule has 1 aliphatic heterocycles. The van der Waals surface area contributed by atoms with Gasteiger partial charge in [0.1, 0.15) is 22.8 Å². The number of anilines is 1. The zero-order valence-corrected chi connectivity index (χ0v) is 35.2. The van der Waals surface area contributed by atoms with Gasteiger partial charge in [-0.3, -0.25) is 4.79 Å². The molecular weight excluding hydrogens is 737 g/mol. The highest BCUT2D eigenvalue weighted by molar-refractivity contribution is 8.00. The van der Waals surface area contributed by atoms with Crippen molar-refractivity contribution in [2.24, 2.45) is 22.9 Å². The number of amides is 1. The molecule has 0 aromatic heterocycles. The third-order valence-corrected chi connectivity index (χ3v) is 12.5. The van der Waals surface area contributed by atoms with Crippen molar-refractivity contribution in [2.45, 2.75) is 114 Å². The van der Waals surface area contributed by atoms with Gasteiger partial charge in [0.15, 0.2) is 0 Å². The molecule has 0 spiro atoms. The van der Waals surface area contributed by atoms with Gasteiger partial charge in [-0.25, -0.2) is 0 Å². The third-order valence-electron chi connectivity index (χ3n) is 11.2. The number of thioether (sulfide) groups is 1. The Hall–Kier alpha value is -4.09. The second-order valence-electron chi connectivity index (χ2n) is 16.6. The van der Waals surface area contributed by atoms with Crippen LogP contribution in [0.1, 0.15) is 95.2 Å². The van der Waals surface area contributed by atoms with E-state index in [1.807, 2.05) is 63.2 Å². The summed E-state index contributed by atoms with van der Waals surface area (Å²) in [5.74, 6) is 1.01. The number of ether oxygens (including phenoxy) is 3. The number of unbranched alkanes of at least 4 members (excludes halogenated alkanes) is 2. The second-order valence-corrected chi connectivity index (χ2v) is 17.9. The molecular formula is C47H60N2O7S. The lowest BCUT2D eigenvalue weighted by Gasteiger charge is -2.58. The number of hydrogen-bond acceptors (Lipinski definition) is 9. The van der Waals surface area contributed by atoms with E-state index in [0.717, 1.165) is 82.3 Å². The number of nitrogens with zero attached hydrogens (tertiary/aromatic N) is 1. The summed E-state index contributed by atoms with van der Waals surface area (Å²) in [4.78, 5) is 19.0. The zero-order valence-electron chi connectivity index (χ0n) is 34.4.